The molecule has 3 aromatic carbocycles. The average Bonchev–Trinajstić information content (AvgIpc) is 3.02. The molecule has 6 rings (SSSR count). The largest absolute Gasteiger partial charge is 0.493 e. The summed E-state index contributed by atoms with van der Waals surface area (Å²) in [5.41, 5.74) is -1.66. The van der Waals surface area contributed by atoms with E-state index in [2.05, 4.69) is 10.3 Å². The second-order valence-corrected chi connectivity index (χ2v) is 10.3. The summed E-state index contributed by atoms with van der Waals surface area (Å²) in [5.74, 6) is -1.13. The summed E-state index contributed by atoms with van der Waals surface area (Å²) in [6.45, 7) is 3.99. The van der Waals surface area contributed by atoms with Crippen LogP contribution in [0.5, 0.6) is 28.7 Å². The standard InChI is InChI=1S/C32H26F2N4O7/c1-17(2)37-16-21(31(40)38(32(37)41)20-6-4-5-18(33)13-20)30(39)36-19-7-8-24(22(34)14-19)45-25-9-10-35-23-15-26(42-3)28-29(27(23)25)44-12-11-43-28/h4-10,13-17H,11-12H2,1-3H3,(H,36,39). The molecule has 0 saturated heterocycles. The Morgan fingerprint density at radius 1 is 0.978 bits per heavy atom. The average molecular weight is 617 g/mol. The van der Waals surface area contributed by atoms with E-state index in [0.29, 0.717) is 34.8 Å². The van der Waals surface area contributed by atoms with E-state index >= 15 is 4.39 Å². The first-order valence-electron chi connectivity index (χ1n) is 13.8. The van der Waals surface area contributed by atoms with Crippen LogP contribution in [0.1, 0.15) is 30.2 Å². The predicted octanol–water partition coefficient (Wildman–Crippen LogP) is 5.23. The highest BCUT2D eigenvalue weighted by Crippen LogP contribution is 2.48. The van der Waals surface area contributed by atoms with Gasteiger partial charge in [0.15, 0.2) is 23.1 Å². The molecule has 1 amide bonds. The monoisotopic (exact) mass is 616 g/mol. The maximum absolute atomic E-state index is 15.4. The highest BCUT2D eigenvalue weighted by Gasteiger charge is 2.25. The van der Waals surface area contributed by atoms with E-state index in [4.69, 9.17) is 18.9 Å². The quantitative estimate of drug-likeness (QED) is 0.264. The van der Waals surface area contributed by atoms with Gasteiger partial charge in [0, 0.05) is 36.3 Å². The predicted molar refractivity (Wildman–Crippen MR) is 160 cm³/mol. The lowest BCUT2D eigenvalue weighted by Gasteiger charge is -2.23. The van der Waals surface area contributed by atoms with Gasteiger partial charge in [-0.15, -0.1) is 0 Å². The Labute approximate surface area is 254 Å². The number of methoxy groups -OCH3 is 1. The molecule has 0 atom stereocenters. The summed E-state index contributed by atoms with van der Waals surface area (Å²) >= 11 is 0. The van der Waals surface area contributed by atoms with Crippen molar-refractivity contribution >= 4 is 22.5 Å². The number of halogens is 2. The molecule has 1 aliphatic heterocycles. The molecule has 45 heavy (non-hydrogen) atoms. The molecule has 2 aromatic heterocycles. The number of anilines is 1. The van der Waals surface area contributed by atoms with Crippen molar-refractivity contribution in [2.45, 2.75) is 19.9 Å². The Kier molecular flexibility index (Phi) is 7.67. The molecule has 3 heterocycles. The van der Waals surface area contributed by atoms with Gasteiger partial charge < -0.3 is 24.3 Å². The van der Waals surface area contributed by atoms with Gasteiger partial charge in [-0.2, -0.15) is 0 Å². The van der Waals surface area contributed by atoms with E-state index in [9.17, 15) is 18.8 Å². The van der Waals surface area contributed by atoms with Crippen LogP contribution in [0.2, 0.25) is 0 Å². The lowest BCUT2D eigenvalue weighted by Crippen LogP contribution is -2.42. The molecule has 0 aliphatic carbocycles. The summed E-state index contributed by atoms with van der Waals surface area (Å²) < 4.78 is 54.1. The van der Waals surface area contributed by atoms with Crippen LogP contribution < -0.4 is 35.5 Å². The number of carbonyl (C=O) groups excluding carboxylic acids is 1. The zero-order chi connectivity index (χ0) is 31.8. The fourth-order valence-corrected chi connectivity index (χ4v) is 4.93. The molecule has 230 valence electrons. The Hall–Kier alpha value is -5.72. The molecule has 0 unspecified atom stereocenters. The first-order chi connectivity index (χ1) is 21.7. The van der Waals surface area contributed by atoms with E-state index in [0.717, 1.165) is 29.0 Å². The number of ether oxygens (including phenoxy) is 4. The second-order valence-electron chi connectivity index (χ2n) is 10.3. The van der Waals surface area contributed by atoms with Gasteiger partial charge in [0.1, 0.15) is 30.3 Å². The topological polar surface area (TPSA) is 123 Å². The number of aromatic nitrogens is 3. The van der Waals surface area contributed by atoms with Crippen LogP contribution in [0.15, 0.2) is 76.6 Å². The molecular formula is C32H26F2N4O7. The number of carbonyl (C=O) groups is 1. The number of fused-ring (bicyclic) bond motifs is 3. The first kappa shape index (κ1) is 29.4. The van der Waals surface area contributed by atoms with E-state index in [1.165, 1.54) is 42.1 Å². The lowest BCUT2D eigenvalue weighted by atomic mass is 10.1. The SMILES string of the molecule is COc1cc2nccc(Oc3ccc(NC(=O)c4cn(C(C)C)c(=O)n(-c5cccc(F)c5)c4=O)cc3F)c2c2c1OCCO2. The molecule has 5 aromatic rings. The molecule has 0 bridgehead atoms. The highest BCUT2D eigenvalue weighted by molar-refractivity contribution is 6.04. The van der Waals surface area contributed by atoms with Crippen LogP contribution >= 0.6 is 0 Å². The van der Waals surface area contributed by atoms with Crippen LogP contribution in [-0.2, 0) is 0 Å². The van der Waals surface area contributed by atoms with E-state index < -0.39 is 40.4 Å². The molecule has 11 nitrogen and oxygen atoms in total. The van der Waals surface area contributed by atoms with Crippen LogP contribution in [0, 0.1) is 11.6 Å². The number of rotatable bonds is 7. The highest BCUT2D eigenvalue weighted by atomic mass is 19.1. The van der Waals surface area contributed by atoms with Gasteiger partial charge in [-0.1, -0.05) is 6.07 Å². The minimum Gasteiger partial charge on any atom is -0.493 e. The van der Waals surface area contributed by atoms with Gasteiger partial charge in [0.25, 0.3) is 11.5 Å². The molecule has 1 N–H and O–H groups in total. The molecule has 1 aliphatic rings. The lowest BCUT2D eigenvalue weighted by molar-refractivity contribution is 0.102. The van der Waals surface area contributed by atoms with Crippen molar-refractivity contribution in [3.8, 4) is 34.4 Å². The second kappa shape index (κ2) is 11.8. The zero-order valence-corrected chi connectivity index (χ0v) is 24.3. The Morgan fingerprint density at radius 3 is 2.47 bits per heavy atom. The van der Waals surface area contributed by atoms with E-state index in [1.807, 2.05) is 0 Å². The van der Waals surface area contributed by atoms with Crippen molar-refractivity contribution in [1.29, 1.82) is 0 Å². The van der Waals surface area contributed by atoms with Crippen molar-refractivity contribution in [2.75, 3.05) is 25.6 Å². The van der Waals surface area contributed by atoms with Gasteiger partial charge in [-0.25, -0.2) is 18.1 Å². The smallest absolute Gasteiger partial charge is 0.335 e. The van der Waals surface area contributed by atoms with Gasteiger partial charge >= 0.3 is 5.69 Å². The minimum absolute atomic E-state index is 0.0160. The maximum atomic E-state index is 15.4. The van der Waals surface area contributed by atoms with Crippen molar-refractivity contribution < 1.29 is 32.5 Å². The number of nitrogens with one attached hydrogen (secondary N) is 1. The third-order valence-electron chi connectivity index (χ3n) is 7.05. The Balaban J connectivity index is 1.32. The number of nitrogens with zero attached hydrogens (tertiary/aromatic N) is 3. The molecule has 0 radical (unpaired) electrons. The van der Waals surface area contributed by atoms with Crippen LogP contribution in [-0.4, -0.2) is 40.3 Å². The van der Waals surface area contributed by atoms with E-state index in [1.54, 1.807) is 26.0 Å². The summed E-state index contributed by atoms with van der Waals surface area (Å²) in [7, 11) is 1.50. The van der Waals surface area contributed by atoms with Crippen molar-refractivity contribution in [3.05, 3.63) is 105 Å². The van der Waals surface area contributed by atoms with Crippen molar-refractivity contribution in [3.63, 3.8) is 0 Å². The zero-order valence-electron chi connectivity index (χ0n) is 24.3. The molecule has 0 fully saturated rings. The number of hydrogen-bond acceptors (Lipinski definition) is 8. The van der Waals surface area contributed by atoms with Gasteiger partial charge in [-0.3, -0.25) is 19.1 Å². The molecule has 0 spiro atoms. The molecule has 0 saturated carbocycles. The third kappa shape index (κ3) is 5.44. The first-order valence-corrected chi connectivity index (χ1v) is 13.8. The fraction of sp³-hybridized carbons (Fsp3) is 0.188. The van der Waals surface area contributed by atoms with E-state index in [-0.39, 0.29) is 29.5 Å². The summed E-state index contributed by atoms with van der Waals surface area (Å²) in [6, 6.07) is 11.4. The van der Waals surface area contributed by atoms with Crippen LogP contribution in [0.4, 0.5) is 14.5 Å². The summed E-state index contributed by atoms with van der Waals surface area (Å²) in [5, 5.41) is 2.95. The van der Waals surface area contributed by atoms with Crippen LogP contribution in [0.25, 0.3) is 16.6 Å². The Morgan fingerprint density at radius 2 is 1.76 bits per heavy atom. The van der Waals surface area contributed by atoms with Crippen molar-refractivity contribution in [1.82, 2.24) is 14.1 Å². The van der Waals surface area contributed by atoms with Gasteiger partial charge in [0.2, 0.25) is 5.75 Å². The van der Waals surface area contributed by atoms with Gasteiger partial charge in [-0.05, 0) is 50.2 Å². The molecular weight excluding hydrogens is 590 g/mol. The number of amides is 1. The third-order valence-corrected chi connectivity index (χ3v) is 7.05. The summed E-state index contributed by atoms with van der Waals surface area (Å²) in [6.07, 6.45) is 2.62. The number of pyridine rings is 1. The van der Waals surface area contributed by atoms with Gasteiger partial charge in [0.05, 0.1) is 23.7 Å². The maximum Gasteiger partial charge on any atom is 0.335 e. The summed E-state index contributed by atoms with van der Waals surface area (Å²) in [4.78, 5) is 44.0. The van der Waals surface area contributed by atoms with Crippen LogP contribution in [0.3, 0.4) is 0 Å². The van der Waals surface area contributed by atoms with Crippen molar-refractivity contribution in [2.24, 2.45) is 0 Å². The number of benzene rings is 3. The Bertz CT molecular complexity index is 2090. The number of hydrogen-bond donors (Lipinski definition) is 1. The fourth-order valence-electron chi connectivity index (χ4n) is 4.93. The molecule has 13 heteroatoms. The minimum atomic E-state index is -0.962. The normalized spacial score (nSPS) is 12.3.